The third-order valence-electron chi connectivity index (χ3n) is 2.38. The Kier molecular flexibility index (Phi) is 5.02. The van der Waals surface area contributed by atoms with Gasteiger partial charge in [0.2, 0.25) is 0 Å². The molecule has 0 aliphatic heterocycles. The van der Waals surface area contributed by atoms with Gasteiger partial charge in [-0.1, -0.05) is 18.6 Å². The quantitative estimate of drug-likeness (QED) is 0.464. The van der Waals surface area contributed by atoms with E-state index in [-0.39, 0.29) is 5.11 Å². The van der Waals surface area contributed by atoms with Crippen molar-refractivity contribution in [2.24, 2.45) is 10.8 Å². The normalized spacial score (nSPS) is 11.6. The summed E-state index contributed by atoms with van der Waals surface area (Å²) < 4.78 is 1.89. The molecule has 0 atom stereocenters. The summed E-state index contributed by atoms with van der Waals surface area (Å²) >= 11 is 4.68. The topological polar surface area (TPSA) is 81.1 Å². The number of unbranched alkanes of at least 4 members (excludes halogenated alkanes) is 1. The molecule has 1 aromatic rings. The van der Waals surface area contributed by atoms with Gasteiger partial charge in [-0.15, -0.1) is 5.10 Å². The molecular formula is C10H18N6S. The van der Waals surface area contributed by atoms with Crippen molar-refractivity contribution in [1.82, 2.24) is 20.4 Å². The minimum Gasteiger partial charge on any atom is -0.375 e. The molecule has 17 heavy (non-hydrogen) atoms. The van der Waals surface area contributed by atoms with Crippen LogP contribution in [0.25, 0.3) is 0 Å². The van der Waals surface area contributed by atoms with Gasteiger partial charge in [-0.25, -0.2) is 4.68 Å². The van der Waals surface area contributed by atoms with E-state index in [1.54, 1.807) is 0 Å². The van der Waals surface area contributed by atoms with Crippen LogP contribution in [-0.4, -0.2) is 25.8 Å². The van der Waals surface area contributed by atoms with Crippen LogP contribution >= 0.6 is 12.2 Å². The Labute approximate surface area is 106 Å². The van der Waals surface area contributed by atoms with Gasteiger partial charge in [0.15, 0.2) is 5.11 Å². The number of nitrogens with zero attached hydrogens (tertiary/aromatic N) is 4. The van der Waals surface area contributed by atoms with Crippen LogP contribution in [0.5, 0.6) is 0 Å². The van der Waals surface area contributed by atoms with Gasteiger partial charge in [0.25, 0.3) is 0 Å². The van der Waals surface area contributed by atoms with Crippen molar-refractivity contribution in [3.05, 3.63) is 11.4 Å². The van der Waals surface area contributed by atoms with Crippen LogP contribution in [0.2, 0.25) is 0 Å². The first-order chi connectivity index (χ1) is 8.06. The monoisotopic (exact) mass is 254 g/mol. The minimum atomic E-state index is 0.139. The van der Waals surface area contributed by atoms with Crippen molar-refractivity contribution in [2.75, 3.05) is 0 Å². The van der Waals surface area contributed by atoms with Crippen molar-refractivity contribution in [1.29, 1.82) is 0 Å². The lowest BCUT2D eigenvalue weighted by atomic mass is 10.2. The van der Waals surface area contributed by atoms with E-state index in [4.69, 9.17) is 5.73 Å². The summed E-state index contributed by atoms with van der Waals surface area (Å²) in [4.78, 5) is 0. The van der Waals surface area contributed by atoms with Crippen LogP contribution in [-0.2, 0) is 6.54 Å². The summed E-state index contributed by atoms with van der Waals surface area (Å²) in [5, 5.41) is 12.4. The average molecular weight is 254 g/mol. The molecule has 0 radical (unpaired) electrons. The van der Waals surface area contributed by atoms with E-state index in [9.17, 15) is 0 Å². The van der Waals surface area contributed by atoms with Crippen LogP contribution in [0.1, 0.15) is 38.1 Å². The molecule has 3 N–H and O–H groups in total. The molecular weight excluding hydrogens is 236 g/mol. The van der Waals surface area contributed by atoms with Crippen molar-refractivity contribution in [3.63, 3.8) is 0 Å². The molecule has 6 nitrogen and oxygen atoms in total. The predicted molar refractivity (Wildman–Crippen MR) is 71.8 cm³/mol. The first kappa shape index (κ1) is 13.6. The van der Waals surface area contributed by atoms with Gasteiger partial charge in [-0.3, -0.25) is 5.43 Å². The Morgan fingerprint density at radius 1 is 1.59 bits per heavy atom. The van der Waals surface area contributed by atoms with Crippen molar-refractivity contribution < 1.29 is 0 Å². The fraction of sp³-hybridized carbons (Fsp3) is 0.600. The molecule has 1 rings (SSSR count). The van der Waals surface area contributed by atoms with Crippen LogP contribution < -0.4 is 11.2 Å². The number of hydrogen-bond donors (Lipinski definition) is 2. The zero-order valence-corrected chi connectivity index (χ0v) is 11.2. The second kappa shape index (κ2) is 6.29. The Hall–Kier alpha value is -1.50. The molecule has 0 saturated heterocycles. The number of thiocarbonyl (C=S) groups is 1. The van der Waals surface area contributed by atoms with E-state index in [0.29, 0.717) is 0 Å². The summed E-state index contributed by atoms with van der Waals surface area (Å²) in [6.07, 6.45) is 2.22. The molecule has 0 bridgehead atoms. The van der Waals surface area contributed by atoms with Gasteiger partial charge < -0.3 is 5.73 Å². The summed E-state index contributed by atoms with van der Waals surface area (Å²) in [7, 11) is 0. The van der Waals surface area contributed by atoms with E-state index in [1.807, 2.05) is 18.5 Å². The SMILES string of the molecule is CCCCn1nnc(/C(C)=N/NC(N)=S)c1C. The first-order valence-corrected chi connectivity index (χ1v) is 5.97. The maximum absolute atomic E-state index is 5.30. The van der Waals surface area contributed by atoms with Gasteiger partial charge in [0, 0.05) is 6.54 Å². The van der Waals surface area contributed by atoms with Gasteiger partial charge >= 0.3 is 0 Å². The molecule has 0 spiro atoms. The Morgan fingerprint density at radius 3 is 2.88 bits per heavy atom. The first-order valence-electron chi connectivity index (χ1n) is 5.56. The molecule has 0 unspecified atom stereocenters. The number of aryl methyl sites for hydroxylation is 1. The fourth-order valence-corrected chi connectivity index (χ4v) is 1.45. The van der Waals surface area contributed by atoms with Gasteiger partial charge in [0.05, 0.1) is 11.4 Å². The zero-order chi connectivity index (χ0) is 12.8. The number of nitrogens with one attached hydrogen (secondary N) is 1. The van der Waals surface area contributed by atoms with Crippen LogP contribution in [0.15, 0.2) is 5.10 Å². The number of nitrogens with two attached hydrogens (primary N) is 1. The second-order valence-electron chi connectivity index (χ2n) is 3.77. The summed E-state index contributed by atoms with van der Waals surface area (Å²) in [6.45, 7) is 6.84. The third kappa shape index (κ3) is 3.77. The standard InChI is InChI=1S/C10H18N6S/c1-4-5-6-16-8(3)9(13-15-16)7(2)12-14-10(11)17/h4-6H2,1-3H3,(H3,11,14,17)/b12-7+. The van der Waals surface area contributed by atoms with Gasteiger partial charge in [-0.2, -0.15) is 5.10 Å². The highest BCUT2D eigenvalue weighted by atomic mass is 32.1. The Balaban J connectivity index is 2.81. The third-order valence-corrected chi connectivity index (χ3v) is 2.47. The van der Waals surface area contributed by atoms with Crippen LogP contribution in [0.3, 0.4) is 0 Å². The second-order valence-corrected chi connectivity index (χ2v) is 4.21. The number of aromatic nitrogens is 3. The molecule has 0 aliphatic rings. The number of hydrogen-bond acceptors (Lipinski definition) is 4. The van der Waals surface area contributed by atoms with Crippen molar-refractivity contribution in [2.45, 2.75) is 40.2 Å². The molecule has 0 aromatic carbocycles. The predicted octanol–water partition coefficient (Wildman–Crippen LogP) is 0.944. The summed E-state index contributed by atoms with van der Waals surface area (Å²) in [5.74, 6) is 0. The molecule has 0 amide bonds. The van der Waals surface area contributed by atoms with E-state index in [0.717, 1.165) is 36.5 Å². The van der Waals surface area contributed by atoms with E-state index in [1.165, 1.54) is 0 Å². The minimum absolute atomic E-state index is 0.139. The van der Waals surface area contributed by atoms with Gasteiger partial charge in [0.1, 0.15) is 5.69 Å². The Morgan fingerprint density at radius 2 is 2.29 bits per heavy atom. The largest absolute Gasteiger partial charge is 0.375 e. The van der Waals surface area contributed by atoms with E-state index < -0.39 is 0 Å². The number of hydrazone groups is 1. The molecule has 0 saturated carbocycles. The highest BCUT2D eigenvalue weighted by Gasteiger charge is 2.10. The van der Waals surface area contributed by atoms with E-state index in [2.05, 4.69) is 40.0 Å². The lowest BCUT2D eigenvalue weighted by molar-refractivity contribution is 0.542. The molecule has 1 heterocycles. The molecule has 0 fully saturated rings. The highest BCUT2D eigenvalue weighted by Crippen LogP contribution is 2.06. The number of rotatable bonds is 5. The van der Waals surface area contributed by atoms with Crippen LogP contribution in [0, 0.1) is 6.92 Å². The zero-order valence-electron chi connectivity index (χ0n) is 10.4. The van der Waals surface area contributed by atoms with Crippen LogP contribution in [0.4, 0.5) is 0 Å². The summed E-state index contributed by atoms with van der Waals surface area (Å²) in [6, 6.07) is 0. The van der Waals surface area contributed by atoms with Crippen molar-refractivity contribution >= 4 is 23.0 Å². The highest BCUT2D eigenvalue weighted by molar-refractivity contribution is 7.80. The maximum Gasteiger partial charge on any atom is 0.184 e. The van der Waals surface area contributed by atoms with E-state index >= 15 is 0 Å². The lowest BCUT2D eigenvalue weighted by Gasteiger charge is -2.02. The maximum atomic E-state index is 5.30. The lowest BCUT2D eigenvalue weighted by Crippen LogP contribution is -2.25. The molecule has 7 heteroatoms. The molecule has 1 aromatic heterocycles. The Bertz CT molecular complexity index is 422. The summed E-state index contributed by atoms with van der Waals surface area (Å²) in [5.41, 5.74) is 10.3. The van der Waals surface area contributed by atoms with Crippen molar-refractivity contribution in [3.8, 4) is 0 Å². The average Bonchev–Trinajstić information content (AvgIpc) is 2.65. The molecule has 94 valence electrons. The van der Waals surface area contributed by atoms with Gasteiger partial charge in [-0.05, 0) is 32.5 Å². The molecule has 0 aliphatic carbocycles. The smallest absolute Gasteiger partial charge is 0.184 e. The fourth-order valence-electron chi connectivity index (χ4n) is 1.41.